The number of aliphatic carboxylic acids is 1. The molecule has 5 aromatic rings. The summed E-state index contributed by atoms with van der Waals surface area (Å²) in [5.74, 6) is -1.10. The minimum Gasteiger partial charge on any atom is -0.481 e. The fourth-order valence-electron chi connectivity index (χ4n) is 4.19. The van der Waals surface area contributed by atoms with E-state index in [2.05, 4.69) is 10.3 Å². The first-order valence-electron chi connectivity index (χ1n) is 10.6. The van der Waals surface area contributed by atoms with Gasteiger partial charge in [-0.05, 0) is 40.6 Å². The second kappa shape index (κ2) is 8.59. The van der Waals surface area contributed by atoms with Crippen molar-refractivity contribution >= 4 is 39.4 Å². The average Bonchev–Trinajstić information content (AvgIpc) is 3.25. The van der Waals surface area contributed by atoms with Crippen molar-refractivity contribution in [3.63, 3.8) is 0 Å². The van der Waals surface area contributed by atoms with Crippen LogP contribution in [-0.4, -0.2) is 26.5 Å². The molecule has 4 aromatic carbocycles. The van der Waals surface area contributed by atoms with Crippen LogP contribution in [0.25, 0.3) is 21.8 Å². The van der Waals surface area contributed by atoms with Gasteiger partial charge in [-0.3, -0.25) is 9.59 Å². The normalized spacial score (nSPS) is 12.0. The number of carbonyl (C=O) groups is 2. The van der Waals surface area contributed by atoms with Crippen LogP contribution in [0.3, 0.4) is 0 Å². The molecular formula is C27H21N3O3. The van der Waals surface area contributed by atoms with Gasteiger partial charge in [-0.25, -0.2) is 4.98 Å². The molecule has 0 bridgehead atoms. The van der Waals surface area contributed by atoms with E-state index < -0.39 is 12.0 Å². The summed E-state index contributed by atoms with van der Waals surface area (Å²) in [6, 6.07) is 27.9. The van der Waals surface area contributed by atoms with E-state index in [-0.39, 0.29) is 12.3 Å². The lowest BCUT2D eigenvalue weighted by Gasteiger charge is -2.18. The van der Waals surface area contributed by atoms with Crippen molar-refractivity contribution in [1.82, 2.24) is 9.55 Å². The molecule has 0 fully saturated rings. The van der Waals surface area contributed by atoms with E-state index in [1.807, 2.05) is 83.4 Å². The van der Waals surface area contributed by atoms with Crippen LogP contribution in [0.15, 0.2) is 97.3 Å². The number of nitrogens with one attached hydrogen (secondary N) is 1. The van der Waals surface area contributed by atoms with Crippen LogP contribution >= 0.6 is 0 Å². The van der Waals surface area contributed by atoms with E-state index >= 15 is 0 Å². The molecule has 0 aliphatic heterocycles. The summed E-state index contributed by atoms with van der Waals surface area (Å²) in [5.41, 5.74) is 3.56. The number of hydrogen-bond donors (Lipinski definition) is 2. The van der Waals surface area contributed by atoms with Gasteiger partial charge in [0.25, 0.3) is 5.91 Å². The van der Waals surface area contributed by atoms with Gasteiger partial charge >= 0.3 is 5.97 Å². The van der Waals surface area contributed by atoms with Crippen LogP contribution < -0.4 is 5.32 Å². The molecule has 0 spiro atoms. The van der Waals surface area contributed by atoms with E-state index in [1.165, 1.54) is 0 Å². The molecule has 1 amide bonds. The zero-order valence-corrected chi connectivity index (χ0v) is 17.7. The molecule has 0 aliphatic carbocycles. The number of carboxylic acid groups (broad SMARTS) is 1. The third-order valence-electron chi connectivity index (χ3n) is 5.76. The Morgan fingerprint density at radius 2 is 1.67 bits per heavy atom. The topological polar surface area (TPSA) is 84.2 Å². The zero-order chi connectivity index (χ0) is 22.8. The van der Waals surface area contributed by atoms with Gasteiger partial charge in [0.2, 0.25) is 0 Å². The maximum Gasteiger partial charge on any atom is 0.305 e. The molecule has 1 aromatic heterocycles. The molecule has 5 rings (SSSR count). The number of anilines is 1. The number of imidazole rings is 1. The summed E-state index contributed by atoms with van der Waals surface area (Å²) in [6.07, 6.45) is 1.57. The summed E-state index contributed by atoms with van der Waals surface area (Å²) in [5, 5.41) is 14.4. The maximum absolute atomic E-state index is 13.1. The number of amides is 1. The highest BCUT2D eigenvalue weighted by molar-refractivity contribution is 6.13. The van der Waals surface area contributed by atoms with Gasteiger partial charge in [-0.2, -0.15) is 0 Å². The summed E-state index contributed by atoms with van der Waals surface area (Å²) >= 11 is 0. The highest BCUT2D eigenvalue weighted by atomic mass is 16.4. The number of aromatic nitrogens is 2. The van der Waals surface area contributed by atoms with Crippen LogP contribution in [0, 0.1) is 0 Å². The lowest BCUT2D eigenvalue weighted by Crippen LogP contribution is -2.15. The first-order chi connectivity index (χ1) is 16.1. The minimum atomic E-state index is -0.897. The van der Waals surface area contributed by atoms with Crippen molar-refractivity contribution in [2.75, 3.05) is 5.32 Å². The molecule has 33 heavy (non-hydrogen) atoms. The Balaban J connectivity index is 1.51. The van der Waals surface area contributed by atoms with Crippen molar-refractivity contribution < 1.29 is 14.7 Å². The van der Waals surface area contributed by atoms with Gasteiger partial charge in [-0.1, -0.05) is 66.7 Å². The molecule has 0 saturated carbocycles. The zero-order valence-electron chi connectivity index (χ0n) is 17.7. The van der Waals surface area contributed by atoms with Crippen LogP contribution in [0.2, 0.25) is 0 Å². The fraction of sp³-hybridized carbons (Fsp3) is 0.0741. The second-order valence-corrected chi connectivity index (χ2v) is 7.86. The Hall–Kier alpha value is -4.45. The van der Waals surface area contributed by atoms with Gasteiger partial charge in [0.05, 0.1) is 29.8 Å². The highest BCUT2D eigenvalue weighted by Crippen LogP contribution is 2.28. The van der Waals surface area contributed by atoms with Gasteiger partial charge < -0.3 is 15.0 Å². The standard InChI is InChI=1S/C27H21N3O3/c31-26(32)16-24(19-8-2-1-3-9-19)30-17-28-23-14-13-20(15-25(23)30)29-27(33)22-12-6-10-18-7-4-5-11-21(18)22/h1-15,17,24H,16H2,(H,29,33)(H,31,32). The lowest BCUT2D eigenvalue weighted by molar-refractivity contribution is -0.137. The molecule has 162 valence electrons. The number of benzene rings is 4. The quantitative estimate of drug-likeness (QED) is 0.369. The Morgan fingerprint density at radius 1 is 0.909 bits per heavy atom. The average molecular weight is 435 g/mol. The summed E-state index contributed by atoms with van der Waals surface area (Å²) in [4.78, 5) is 29.1. The lowest BCUT2D eigenvalue weighted by atomic mass is 10.0. The monoisotopic (exact) mass is 435 g/mol. The van der Waals surface area contributed by atoms with Gasteiger partial charge in [0.15, 0.2) is 0 Å². The molecule has 6 nitrogen and oxygen atoms in total. The van der Waals surface area contributed by atoms with Crippen molar-refractivity contribution in [3.8, 4) is 0 Å². The van der Waals surface area contributed by atoms with Crippen molar-refractivity contribution in [1.29, 1.82) is 0 Å². The first-order valence-corrected chi connectivity index (χ1v) is 10.6. The second-order valence-electron chi connectivity index (χ2n) is 7.86. The van der Waals surface area contributed by atoms with Crippen molar-refractivity contribution in [3.05, 3.63) is 108 Å². The van der Waals surface area contributed by atoms with E-state index in [0.717, 1.165) is 27.4 Å². The van der Waals surface area contributed by atoms with Gasteiger partial charge in [-0.15, -0.1) is 0 Å². The number of carbonyl (C=O) groups excluding carboxylic acids is 1. The molecule has 0 aliphatic rings. The number of hydrogen-bond acceptors (Lipinski definition) is 3. The number of nitrogens with zero attached hydrogens (tertiary/aromatic N) is 2. The molecule has 6 heteroatoms. The third-order valence-corrected chi connectivity index (χ3v) is 5.76. The summed E-state index contributed by atoms with van der Waals surface area (Å²) in [6.45, 7) is 0. The van der Waals surface area contributed by atoms with E-state index in [9.17, 15) is 14.7 Å². The van der Waals surface area contributed by atoms with Gasteiger partial charge in [0.1, 0.15) is 0 Å². The third kappa shape index (κ3) is 4.06. The van der Waals surface area contributed by atoms with Crippen LogP contribution in [0.1, 0.15) is 28.4 Å². The van der Waals surface area contributed by atoms with E-state index in [0.29, 0.717) is 11.3 Å². The number of carboxylic acids is 1. The predicted octanol–water partition coefficient (Wildman–Crippen LogP) is 5.51. The van der Waals surface area contributed by atoms with Crippen LogP contribution in [-0.2, 0) is 4.79 Å². The smallest absolute Gasteiger partial charge is 0.305 e. The molecule has 0 radical (unpaired) electrons. The molecular weight excluding hydrogens is 414 g/mol. The van der Waals surface area contributed by atoms with E-state index in [4.69, 9.17) is 0 Å². The van der Waals surface area contributed by atoms with Crippen LogP contribution in [0.4, 0.5) is 5.69 Å². The van der Waals surface area contributed by atoms with Crippen LogP contribution in [0.5, 0.6) is 0 Å². The first kappa shape index (κ1) is 20.5. The summed E-state index contributed by atoms with van der Waals surface area (Å²) in [7, 11) is 0. The molecule has 1 atom stereocenters. The Morgan fingerprint density at radius 3 is 2.48 bits per heavy atom. The predicted molar refractivity (Wildman–Crippen MR) is 128 cm³/mol. The molecule has 1 unspecified atom stereocenters. The number of rotatable bonds is 6. The largest absolute Gasteiger partial charge is 0.481 e. The summed E-state index contributed by atoms with van der Waals surface area (Å²) < 4.78 is 1.85. The van der Waals surface area contributed by atoms with Gasteiger partial charge in [0, 0.05) is 11.3 Å². The maximum atomic E-state index is 13.1. The fourth-order valence-corrected chi connectivity index (χ4v) is 4.19. The molecule has 1 heterocycles. The molecule has 0 saturated heterocycles. The highest BCUT2D eigenvalue weighted by Gasteiger charge is 2.20. The van der Waals surface area contributed by atoms with Crippen molar-refractivity contribution in [2.24, 2.45) is 0 Å². The number of fused-ring (bicyclic) bond motifs is 2. The van der Waals surface area contributed by atoms with E-state index in [1.54, 1.807) is 18.5 Å². The Labute approximate surface area is 190 Å². The Bertz CT molecular complexity index is 1470. The molecule has 2 N–H and O–H groups in total. The van der Waals surface area contributed by atoms with Crippen molar-refractivity contribution in [2.45, 2.75) is 12.5 Å². The SMILES string of the molecule is O=C(O)CC(c1ccccc1)n1cnc2ccc(NC(=O)c3cccc4ccccc34)cc21. The Kier molecular flexibility index (Phi) is 5.32. The minimum absolute atomic E-state index is 0.0813.